The second kappa shape index (κ2) is 7.16. The van der Waals surface area contributed by atoms with E-state index in [2.05, 4.69) is 0 Å². The van der Waals surface area contributed by atoms with Crippen molar-refractivity contribution in [3.8, 4) is 0 Å². The van der Waals surface area contributed by atoms with E-state index in [0.717, 1.165) is 31.5 Å². The van der Waals surface area contributed by atoms with Crippen molar-refractivity contribution in [2.24, 2.45) is 5.92 Å². The molecule has 104 valence electrons. The standard InChI is InChI=1S/C15H19Cl2NO/c16-8-7-12-4-3-9-18(11-12)15(19)10-13-5-1-2-6-14(13)17/h1-2,5-6,12H,3-4,7-11H2. The third-order valence-corrected chi connectivity index (χ3v) is 4.28. The van der Waals surface area contributed by atoms with Crippen molar-refractivity contribution >= 4 is 29.1 Å². The highest BCUT2D eigenvalue weighted by molar-refractivity contribution is 6.31. The number of hydrogen-bond acceptors (Lipinski definition) is 1. The molecule has 0 N–H and O–H groups in total. The van der Waals surface area contributed by atoms with Gasteiger partial charge in [0.1, 0.15) is 0 Å². The number of likely N-dealkylation sites (tertiary alicyclic amines) is 1. The molecule has 0 aromatic heterocycles. The Labute approximate surface area is 124 Å². The molecule has 2 nitrogen and oxygen atoms in total. The number of nitrogens with zero attached hydrogens (tertiary/aromatic N) is 1. The largest absolute Gasteiger partial charge is 0.342 e. The highest BCUT2D eigenvalue weighted by Gasteiger charge is 2.23. The van der Waals surface area contributed by atoms with Crippen molar-refractivity contribution in [3.05, 3.63) is 34.9 Å². The molecule has 1 fully saturated rings. The molecule has 1 aliphatic heterocycles. The van der Waals surface area contributed by atoms with E-state index in [-0.39, 0.29) is 5.91 Å². The van der Waals surface area contributed by atoms with E-state index >= 15 is 0 Å². The molecular formula is C15H19Cl2NO. The molecule has 0 aliphatic carbocycles. The van der Waals surface area contributed by atoms with E-state index < -0.39 is 0 Å². The molecule has 2 rings (SSSR count). The summed E-state index contributed by atoms with van der Waals surface area (Å²) in [5.41, 5.74) is 0.911. The van der Waals surface area contributed by atoms with Gasteiger partial charge >= 0.3 is 0 Å². The number of piperidine rings is 1. The lowest BCUT2D eigenvalue weighted by molar-refractivity contribution is -0.132. The quantitative estimate of drug-likeness (QED) is 0.776. The number of hydrogen-bond donors (Lipinski definition) is 0. The minimum Gasteiger partial charge on any atom is -0.342 e. The van der Waals surface area contributed by atoms with Gasteiger partial charge in [-0.15, -0.1) is 11.6 Å². The normalized spacial score (nSPS) is 19.5. The second-order valence-electron chi connectivity index (χ2n) is 5.09. The summed E-state index contributed by atoms with van der Waals surface area (Å²) in [5, 5.41) is 0.671. The average molecular weight is 300 g/mol. The van der Waals surface area contributed by atoms with Gasteiger partial charge in [-0.1, -0.05) is 29.8 Å². The first kappa shape index (κ1) is 14.7. The molecule has 19 heavy (non-hydrogen) atoms. The Balaban J connectivity index is 1.94. The molecule has 4 heteroatoms. The summed E-state index contributed by atoms with van der Waals surface area (Å²) >= 11 is 11.9. The summed E-state index contributed by atoms with van der Waals surface area (Å²) in [7, 11) is 0. The summed E-state index contributed by atoms with van der Waals surface area (Å²) in [5.74, 6) is 1.41. The van der Waals surface area contributed by atoms with Gasteiger partial charge < -0.3 is 4.90 Å². The molecule has 1 amide bonds. The third kappa shape index (κ3) is 4.12. The summed E-state index contributed by atoms with van der Waals surface area (Å²) in [6.07, 6.45) is 3.66. The van der Waals surface area contributed by atoms with Crippen molar-refractivity contribution in [1.29, 1.82) is 0 Å². The van der Waals surface area contributed by atoms with E-state index in [4.69, 9.17) is 23.2 Å². The average Bonchev–Trinajstić information content (AvgIpc) is 2.42. The van der Waals surface area contributed by atoms with Crippen LogP contribution < -0.4 is 0 Å². The van der Waals surface area contributed by atoms with Crippen molar-refractivity contribution in [3.63, 3.8) is 0 Å². The number of carbonyl (C=O) groups is 1. The Morgan fingerprint density at radius 3 is 2.89 bits per heavy atom. The monoisotopic (exact) mass is 299 g/mol. The zero-order valence-corrected chi connectivity index (χ0v) is 12.5. The summed E-state index contributed by atoms with van der Waals surface area (Å²) < 4.78 is 0. The molecule has 0 saturated carbocycles. The lowest BCUT2D eigenvalue weighted by Crippen LogP contribution is -2.40. The molecule has 1 heterocycles. The van der Waals surface area contributed by atoms with Crippen LogP contribution in [0.1, 0.15) is 24.8 Å². The van der Waals surface area contributed by atoms with Crippen LogP contribution >= 0.6 is 23.2 Å². The highest BCUT2D eigenvalue weighted by Crippen LogP contribution is 2.22. The van der Waals surface area contributed by atoms with Crippen molar-refractivity contribution < 1.29 is 4.79 Å². The third-order valence-electron chi connectivity index (χ3n) is 3.69. The Morgan fingerprint density at radius 1 is 1.37 bits per heavy atom. The van der Waals surface area contributed by atoms with Gasteiger partial charge in [0.05, 0.1) is 6.42 Å². The molecule has 1 aromatic carbocycles. The number of rotatable bonds is 4. The Hall–Kier alpha value is -0.730. The zero-order chi connectivity index (χ0) is 13.7. The van der Waals surface area contributed by atoms with E-state index in [0.29, 0.717) is 23.2 Å². The second-order valence-corrected chi connectivity index (χ2v) is 5.88. The van der Waals surface area contributed by atoms with Crippen molar-refractivity contribution in [1.82, 2.24) is 4.90 Å². The highest BCUT2D eigenvalue weighted by atomic mass is 35.5. The van der Waals surface area contributed by atoms with Gasteiger partial charge in [0.25, 0.3) is 0 Å². The predicted octanol–water partition coefficient (Wildman–Crippen LogP) is 3.75. The summed E-state index contributed by atoms with van der Waals surface area (Å²) in [6.45, 7) is 1.71. The molecule has 0 spiro atoms. The minimum absolute atomic E-state index is 0.173. The first-order chi connectivity index (χ1) is 9.20. The SMILES string of the molecule is O=C(Cc1ccccc1Cl)N1CCCC(CCCl)C1. The Kier molecular flexibility index (Phi) is 5.53. The zero-order valence-electron chi connectivity index (χ0n) is 10.9. The van der Waals surface area contributed by atoms with Crippen LogP contribution in [-0.2, 0) is 11.2 Å². The van der Waals surface area contributed by atoms with Gasteiger partial charge in [0, 0.05) is 24.0 Å². The molecule has 1 aromatic rings. The predicted molar refractivity (Wildman–Crippen MR) is 79.8 cm³/mol. The van der Waals surface area contributed by atoms with Crippen LogP contribution in [0.3, 0.4) is 0 Å². The minimum atomic E-state index is 0.173. The lowest BCUT2D eigenvalue weighted by Gasteiger charge is -2.32. The molecule has 0 bridgehead atoms. The Bertz CT molecular complexity index is 434. The maximum atomic E-state index is 12.3. The molecule has 1 saturated heterocycles. The van der Waals surface area contributed by atoms with Gasteiger partial charge in [-0.2, -0.15) is 0 Å². The van der Waals surface area contributed by atoms with Gasteiger partial charge in [0.15, 0.2) is 0 Å². The maximum absolute atomic E-state index is 12.3. The van der Waals surface area contributed by atoms with Crippen LogP contribution in [0.4, 0.5) is 0 Å². The number of halogens is 2. The van der Waals surface area contributed by atoms with Crippen LogP contribution in [0.15, 0.2) is 24.3 Å². The van der Waals surface area contributed by atoms with Gasteiger partial charge in [-0.05, 0) is 36.8 Å². The van der Waals surface area contributed by atoms with Crippen LogP contribution in [0.25, 0.3) is 0 Å². The molecule has 1 aliphatic rings. The molecular weight excluding hydrogens is 281 g/mol. The van der Waals surface area contributed by atoms with Crippen molar-refractivity contribution in [2.45, 2.75) is 25.7 Å². The molecule has 1 unspecified atom stereocenters. The maximum Gasteiger partial charge on any atom is 0.227 e. The first-order valence-electron chi connectivity index (χ1n) is 6.78. The summed E-state index contributed by atoms with van der Waals surface area (Å²) in [4.78, 5) is 14.3. The Morgan fingerprint density at radius 2 is 2.16 bits per heavy atom. The lowest BCUT2D eigenvalue weighted by atomic mass is 9.95. The number of alkyl halides is 1. The van der Waals surface area contributed by atoms with Gasteiger partial charge in [0.2, 0.25) is 5.91 Å². The van der Waals surface area contributed by atoms with Crippen molar-refractivity contribution in [2.75, 3.05) is 19.0 Å². The van der Waals surface area contributed by atoms with E-state index in [1.165, 1.54) is 6.42 Å². The fourth-order valence-corrected chi connectivity index (χ4v) is 3.11. The van der Waals surface area contributed by atoms with Crippen LogP contribution in [0, 0.1) is 5.92 Å². The fraction of sp³-hybridized carbons (Fsp3) is 0.533. The van der Waals surface area contributed by atoms with Crippen LogP contribution in [0.2, 0.25) is 5.02 Å². The fourth-order valence-electron chi connectivity index (χ4n) is 2.60. The van der Waals surface area contributed by atoms with E-state index in [1.54, 1.807) is 0 Å². The number of benzene rings is 1. The summed E-state index contributed by atoms with van der Waals surface area (Å²) in [6, 6.07) is 7.55. The molecule has 1 atom stereocenters. The van der Waals surface area contributed by atoms with Crippen LogP contribution in [0.5, 0.6) is 0 Å². The van der Waals surface area contributed by atoms with E-state index in [1.807, 2.05) is 29.2 Å². The smallest absolute Gasteiger partial charge is 0.227 e. The molecule has 0 radical (unpaired) electrons. The number of carbonyl (C=O) groups excluding carboxylic acids is 1. The number of amides is 1. The van der Waals surface area contributed by atoms with Gasteiger partial charge in [-0.25, -0.2) is 0 Å². The topological polar surface area (TPSA) is 20.3 Å². The van der Waals surface area contributed by atoms with Crippen LogP contribution in [-0.4, -0.2) is 29.8 Å². The van der Waals surface area contributed by atoms with E-state index in [9.17, 15) is 4.79 Å². The van der Waals surface area contributed by atoms with Gasteiger partial charge in [-0.3, -0.25) is 4.79 Å². The first-order valence-corrected chi connectivity index (χ1v) is 7.69.